The fraction of sp³-hybridized carbons (Fsp3) is 0.438. The third kappa shape index (κ3) is 3.24. The zero-order valence-corrected chi connectivity index (χ0v) is 12.1. The summed E-state index contributed by atoms with van der Waals surface area (Å²) in [6.07, 6.45) is 2.93. The Morgan fingerprint density at radius 1 is 1.21 bits per heavy atom. The first kappa shape index (κ1) is 13.8. The molecule has 0 fully saturated rings. The molecule has 3 heteroatoms. The molecule has 3 nitrogen and oxygen atoms in total. The average Bonchev–Trinajstić information content (AvgIpc) is 2.69. The number of aliphatic hydroxyl groups is 1. The van der Waals surface area contributed by atoms with Gasteiger partial charge in [0.1, 0.15) is 0 Å². The molecule has 0 saturated heterocycles. The number of nitrogens with zero attached hydrogens (tertiary/aromatic N) is 2. The van der Waals surface area contributed by atoms with Gasteiger partial charge in [0.05, 0.1) is 11.8 Å². The number of hydrogen-bond acceptors (Lipinski definition) is 2. The summed E-state index contributed by atoms with van der Waals surface area (Å²) in [5.41, 5.74) is 5.59. The van der Waals surface area contributed by atoms with Crippen LogP contribution in [-0.4, -0.2) is 14.9 Å². The van der Waals surface area contributed by atoms with E-state index in [2.05, 4.69) is 44.1 Å². The lowest BCUT2D eigenvalue weighted by molar-refractivity contribution is 0.177. The highest BCUT2D eigenvalue weighted by Gasteiger charge is 2.15. The highest BCUT2D eigenvalue weighted by atomic mass is 16.3. The van der Waals surface area contributed by atoms with Crippen LogP contribution in [-0.2, 0) is 19.9 Å². The minimum Gasteiger partial charge on any atom is -0.388 e. The molecule has 0 bridgehead atoms. The van der Waals surface area contributed by atoms with Gasteiger partial charge in [0.2, 0.25) is 0 Å². The van der Waals surface area contributed by atoms with Crippen molar-refractivity contribution in [3.63, 3.8) is 0 Å². The van der Waals surface area contributed by atoms with Crippen LogP contribution in [0, 0.1) is 13.8 Å². The number of rotatable bonds is 4. The van der Waals surface area contributed by atoms with E-state index in [4.69, 9.17) is 0 Å². The molecule has 0 radical (unpaired) electrons. The van der Waals surface area contributed by atoms with Gasteiger partial charge in [0.25, 0.3) is 0 Å². The second-order valence-electron chi connectivity index (χ2n) is 5.27. The van der Waals surface area contributed by atoms with Crippen LogP contribution in [0.25, 0.3) is 0 Å². The molecule has 0 spiro atoms. The van der Waals surface area contributed by atoms with Crippen molar-refractivity contribution in [2.45, 2.75) is 39.7 Å². The first-order valence-corrected chi connectivity index (χ1v) is 6.77. The molecular weight excluding hydrogens is 236 g/mol. The Kier molecular flexibility index (Phi) is 4.05. The predicted molar refractivity (Wildman–Crippen MR) is 77.2 cm³/mol. The monoisotopic (exact) mass is 258 g/mol. The highest BCUT2D eigenvalue weighted by molar-refractivity contribution is 5.30. The summed E-state index contributed by atoms with van der Waals surface area (Å²) in [4.78, 5) is 0. The van der Waals surface area contributed by atoms with Crippen LogP contribution in [0.15, 0.2) is 24.4 Å². The van der Waals surface area contributed by atoms with Crippen LogP contribution in [0.1, 0.15) is 41.0 Å². The van der Waals surface area contributed by atoms with Crippen molar-refractivity contribution in [2.24, 2.45) is 7.05 Å². The van der Waals surface area contributed by atoms with Gasteiger partial charge >= 0.3 is 0 Å². The van der Waals surface area contributed by atoms with Crippen molar-refractivity contribution in [2.75, 3.05) is 0 Å². The average molecular weight is 258 g/mol. The van der Waals surface area contributed by atoms with Crippen LogP contribution in [0.4, 0.5) is 0 Å². The molecular formula is C16H22N2O. The Balaban J connectivity index is 2.22. The van der Waals surface area contributed by atoms with E-state index in [1.54, 1.807) is 4.68 Å². The Labute approximate surface area is 114 Å². The van der Waals surface area contributed by atoms with Crippen molar-refractivity contribution >= 4 is 0 Å². The lowest BCUT2D eigenvalue weighted by Gasteiger charge is -2.11. The van der Waals surface area contributed by atoms with Crippen LogP contribution in [0.2, 0.25) is 0 Å². The predicted octanol–water partition coefficient (Wildman–Crippen LogP) is 2.88. The molecule has 0 aliphatic heterocycles. The van der Waals surface area contributed by atoms with Gasteiger partial charge in [-0.15, -0.1) is 0 Å². The fourth-order valence-corrected chi connectivity index (χ4v) is 2.63. The smallest absolute Gasteiger partial charge is 0.0863 e. The van der Waals surface area contributed by atoms with Gasteiger partial charge in [0.15, 0.2) is 0 Å². The summed E-state index contributed by atoms with van der Waals surface area (Å²) in [5.74, 6) is 0. The lowest BCUT2D eigenvalue weighted by atomic mass is 9.98. The third-order valence-electron chi connectivity index (χ3n) is 3.34. The molecule has 1 aromatic carbocycles. The summed E-state index contributed by atoms with van der Waals surface area (Å²) in [5, 5.41) is 14.8. The summed E-state index contributed by atoms with van der Waals surface area (Å²) >= 11 is 0. The normalized spacial score (nSPS) is 12.7. The van der Waals surface area contributed by atoms with Gasteiger partial charge in [-0.3, -0.25) is 4.68 Å². The number of hydrogen-bond donors (Lipinski definition) is 1. The van der Waals surface area contributed by atoms with Gasteiger partial charge < -0.3 is 5.11 Å². The maximum atomic E-state index is 10.4. The molecule has 0 amide bonds. The zero-order chi connectivity index (χ0) is 14.0. The van der Waals surface area contributed by atoms with Crippen molar-refractivity contribution in [1.29, 1.82) is 0 Å². The molecule has 1 unspecified atom stereocenters. The molecule has 1 N–H and O–H groups in total. The summed E-state index contributed by atoms with van der Waals surface area (Å²) in [6.45, 7) is 6.24. The van der Waals surface area contributed by atoms with E-state index >= 15 is 0 Å². The Hall–Kier alpha value is -1.61. The van der Waals surface area contributed by atoms with Crippen molar-refractivity contribution < 1.29 is 5.11 Å². The molecule has 0 aliphatic rings. The Bertz CT molecular complexity index is 552. The Morgan fingerprint density at radius 3 is 2.42 bits per heavy atom. The Morgan fingerprint density at radius 2 is 1.84 bits per heavy atom. The minimum atomic E-state index is -0.482. The molecule has 1 aromatic heterocycles. The number of aliphatic hydroxyl groups excluding tert-OH is 1. The summed E-state index contributed by atoms with van der Waals surface area (Å²) < 4.78 is 1.78. The van der Waals surface area contributed by atoms with Crippen LogP contribution < -0.4 is 0 Å². The first-order valence-electron chi connectivity index (χ1n) is 6.77. The number of aryl methyl sites for hydroxylation is 4. The van der Waals surface area contributed by atoms with Crippen molar-refractivity contribution in [3.8, 4) is 0 Å². The maximum Gasteiger partial charge on any atom is 0.0863 e. The van der Waals surface area contributed by atoms with Crippen molar-refractivity contribution in [3.05, 3.63) is 52.3 Å². The van der Waals surface area contributed by atoms with E-state index in [9.17, 15) is 5.11 Å². The zero-order valence-electron chi connectivity index (χ0n) is 12.1. The molecule has 1 atom stereocenters. The maximum absolute atomic E-state index is 10.4. The van der Waals surface area contributed by atoms with E-state index in [0.29, 0.717) is 6.42 Å². The summed E-state index contributed by atoms with van der Waals surface area (Å²) in [6, 6.07) is 6.42. The molecule has 0 saturated carbocycles. The van der Waals surface area contributed by atoms with Gasteiger partial charge in [-0.05, 0) is 25.8 Å². The molecule has 1 heterocycles. The number of aromatic nitrogens is 2. The van der Waals surface area contributed by atoms with Gasteiger partial charge in [-0.25, -0.2) is 0 Å². The van der Waals surface area contributed by atoms with E-state index in [1.165, 1.54) is 16.7 Å². The summed E-state index contributed by atoms with van der Waals surface area (Å²) in [7, 11) is 1.90. The minimum absolute atomic E-state index is 0.482. The van der Waals surface area contributed by atoms with Gasteiger partial charge in [-0.2, -0.15) is 5.10 Å². The largest absolute Gasteiger partial charge is 0.388 e. The van der Waals surface area contributed by atoms with E-state index in [0.717, 1.165) is 17.7 Å². The second-order valence-corrected chi connectivity index (χ2v) is 5.27. The van der Waals surface area contributed by atoms with Crippen LogP contribution in [0.5, 0.6) is 0 Å². The van der Waals surface area contributed by atoms with Crippen molar-refractivity contribution in [1.82, 2.24) is 9.78 Å². The molecule has 102 valence electrons. The van der Waals surface area contributed by atoms with Gasteiger partial charge in [-0.1, -0.05) is 36.2 Å². The second kappa shape index (κ2) is 5.57. The van der Waals surface area contributed by atoms with E-state index < -0.39 is 6.10 Å². The third-order valence-corrected chi connectivity index (χ3v) is 3.34. The lowest BCUT2D eigenvalue weighted by Crippen LogP contribution is -2.04. The van der Waals surface area contributed by atoms with Crippen LogP contribution in [0.3, 0.4) is 0 Å². The van der Waals surface area contributed by atoms with E-state index in [1.807, 2.05) is 13.2 Å². The first-order chi connectivity index (χ1) is 8.99. The molecule has 2 rings (SSSR count). The number of benzene rings is 1. The fourth-order valence-electron chi connectivity index (χ4n) is 2.63. The topological polar surface area (TPSA) is 38.0 Å². The van der Waals surface area contributed by atoms with Gasteiger partial charge in [0, 0.05) is 25.2 Å². The molecule has 19 heavy (non-hydrogen) atoms. The molecule has 0 aliphatic carbocycles. The standard InChI is InChI=1S/C16H22N2O/c1-5-15-14(10-18(4)17-15)16(19)9-13-7-11(2)6-12(3)8-13/h6-8,10,16,19H,5,9H2,1-4H3. The van der Waals surface area contributed by atoms with Crippen LogP contribution >= 0.6 is 0 Å². The van der Waals surface area contributed by atoms with E-state index in [-0.39, 0.29) is 0 Å². The SMILES string of the molecule is CCc1nn(C)cc1C(O)Cc1cc(C)cc(C)c1. The molecule has 2 aromatic rings. The quantitative estimate of drug-likeness (QED) is 0.915. The highest BCUT2D eigenvalue weighted by Crippen LogP contribution is 2.22.